The van der Waals surface area contributed by atoms with Crippen LogP contribution >= 0.6 is 0 Å². The van der Waals surface area contributed by atoms with E-state index in [1.807, 2.05) is 24.3 Å². The molecule has 11 heteroatoms. The summed E-state index contributed by atoms with van der Waals surface area (Å²) in [5.41, 5.74) is 1.69. The Hall–Kier alpha value is -3.96. The highest BCUT2D eigenvalue weighted by atomic mass is 16.7. The molecule has 37 heavy (non-hydrogen) atoms. The number of hydrogen-bond acceptors (Lipinski definition) is 8. The Kier molecular flexibility index (Phi) is 7.92. The van der Waals surface area contributed by atoms with Crippen molar-refractivity contribution in [2.45, 2.75) is 25.5 Å². The lowest BCUT2D eigenvalue weighted by Crippen LogP contribution is -2.44. The number of carbonyl (C=O) groups is 2. The molecule has 0 spiro atoms. The summed E-state index contributed by atoms with van der Waals surface area (Å²) in [5.74, 6) is 0.430. The number of ether oxygens (including phenoxy) is 2. The number of benzene rings is 1. The molecule has 2 saturated heterocycles. The lowest BCUT2D eigenvalue weighted by atomic mass is 10.1. The minimum atomic E-state index is -0.437. The molecule has 2 amide bonds. The Balaban J connectivity index is 1.07. The molecule has 5 rings (SSSR count). The molecular formula is C26H30N6O5. The van der Waals surface area contributed by atoms with Gasteiger partial charge in [0.05, 0.1) is 31.8 Å². The molecular weight excluding hydrogens is 476 g/mol. The number of pyridine rings is 1. The summed E-state index contributed by atoms with van der Waals surface area (Å²) in [6, 6.07) is 12.6. The van der Waals surface area contributed by atoms with Gasteiger partial charge in [0.2, 0.25) is 0 Å². The maximum atomic E-state index is 12.6. The van der Waals surface area contributed by atoms with E-state index < -0.39 is 6.09 Å². The topological polar surface area (TPSA) is 111 Å². The molecule has 1 N–H and O–H groups in total. The zero-order valence-corrected chi connectivity index (χ0v) is 20.5. The fourth-order valence-electron chi connectivity index (χ4n) is 4.26. The van der Waals surface area contributed by atoms with Crippen molar-refractivity contribution in [2.24, 2.45) is 0 Å². The summed E-state index contributed by atoms with van der Waals surface area (Å²) in [7, 11) is 0. The number of anilines is 1. The van der Waals surface area contributed by atoms with Gasteiger partial charge in [-0.3, -0.25) is 9.69 Å². The molecule has 2 fully saturated rings. The van der Waals surface area contributed by atoms with Crippen LogP contribution in [-0.4, -0.2) is 82.2 Å². The third-order valence-electron chi connectivity index (χ3n) is 6.35. The molecule has 2 aromatic heterocycles. The van der Waals surface area contributed by atoms with E-state index in [-0.39, 0.29) is 12.0 Å². The number of likely N-dealkylation sites (tertiary alicyclic amines) is 1. The second-order valence-corrected chi connectivity index (χ2v) is 8.99. The number of amides is 2. The summed E-state index contributed by atoms with van der Waals surface area (Å²) >= 11 is 0. The van der Waals surface area contributed by atoms with Crippen LogP contribution in [0.1, 0.15) is 28.8 Å². The van der Waals surface area contributed by atoms with Crippen molar-refractivity contribution in [1.82, 2.24) is 24.7 Å². The van der Waals surface area contributed by atoms with Gasteiger partial charge in [-0.05, 0) is 35.9 Å². The molecule has 1 aromatic carbocycles. The van der Waals surface area contributed by atoms with Crippen LogP contribution < -0.4 is 14.9 Å². The van der Waals surface area contributed by atoms with Crippen LogP contribution in [0, 0.1) is 0 Å². The molecule has 0 saturated carbocycles. The highest BCUT2D eigenvalue weighted by Crippen LogP contribution is 2.18. The molecule has 11 nitrogen and oxygen atoms in total. The van der Waals surface area contributed by atoms with Crippen molar-refractivity contribution in [3.8, 4) is 5.75 Å². The first kappa shape index (κ1) is 24.7. The summed E-state index contributed by atoms with van der Waals surface area (Å²) in [6.07, 6.45) is 5.75. The second kappa shape index (κ2) is 11.8. The van der Waals surface area contributed by atoms with Crippen LogP contribution in [0.4, 0.5) is 10.6 Å². The molecule has 2 aliphatic heterocycles. The molecule has 2 aliphatic rings. The first-order valence-electron chi connectivity index (χ1n) is 12.4. The van der Waals surface area contributed by atoms with E-state index in [0.29, 0.717) is 43.1 Å². The molecule has 0 aliphatic carbocycles. The number of morpholine rings is 1. The predicted octanol–water partition coefficient (Wildman–Crippen LogP) is 2.45. The lowest BCUT2D eigenvalue weighted by molar-refractivity contribution is -0.0162. The minimum Gasteiger partial charge on any atom is -0.409 e. The van der Waals surface area contributed by atoms with Gasteiger partial charge in [0.15, 0.2) is 5.75 Å². The van der Waals surface area contributed by atoms with Crippen molar-refractivity contribution in [1.29, 1.82) is 0 Å². The van der Waals surface area contributed by atoms with Crippen molar-refractivity contribution in [3.05, 3.63) is 72.2 Å². The van der Waals surface area contributed by atoms with Crippen LogP contribution in [0.3, 0.4) is 0 Å². The maximum absolute atomic E-state index is 12.6. The predicted molar refractivity (Wildman–Crippen MR) is 134 cm³/mol. The van der Waals surface area contributed by atoms with Crippen LogP contribution in [0.25, 0.3) is 0 Å². The van der Waals surface area contributed by atoms with Gasteiger partial charge in [-0.1, -0.05) is 12.1 Å². The minimum absolute atomic E-state index is 0.00511. The van der Waals surface area contributed by atoms with E-state index in [2.05, 4.69) is 20.3 Å². The highest BCUT2D eigenvalue weighted by molar-refractivity contribution is 6.03. The molecule has 3 aromatic rings. The normalized spacial score (nSPS) is 16.8. The van der Waals surface area contributed by atoms with E-state index in [9.17, 15) is 9.59 Å². The van der Waals surface area contributed by atoms with Crippen LogP contribution in [0.15, 0.2) is 61.1 Å². The van der Waals surface area contributed by atoms with Gasteiger partial charge in [-0.15, -0.1) is 9.94 Å². The van der Waals surface area contributed by atoms with E-state index in [4.69, 9.17) is 14.3 Å². The third kappa shape index (κ3) is 6.83. The highest BCUT2D eigenvalue weighted by Gasteiger charge is 2.26. The zero-order chi connectivity index (χ0) is 25.5. The Morgan fingerprint density at radius 2 is 1.81 bits per heavy atom. The first-order chi connectivity index (χ1) is 18.1. The number of carbonyl (C=O) groups excluding carboxylic acids is 2. The Labute approximate surface area is 214 Å². The van der Waals surface area contributed by atoms with Gasteiger partial charge in [0.1, 0.15) is 11.9 Å². The average molecular weight is 507 g/mol. The van der Waals surface area contributed by atoms with Gasteiger partial charge in [-0.25, -0.2) is 9.78 Å². The summed E-state index contributed by atoms with van der Waals surface area (Å²) in [4.78, 5) is 40.5. The lowest BCUT2D eigenvalue weighted by Gasteiger charge is -2.30. The van der Waals surface area contributed by atoms with Gasteiger partial charge >= 0.3 is 6.09 Å². The maximum Gasteiger partial charge on any atom is 0.415 e. The summed E-state index contributed by atoms with van der Waals surface area (Å²) < 4.78 is 10.8. The summed E-state index contributed by atoms with van der Waals surface area (Å²) in [6.45, 7) is 5.23. The molecule has 0 unspecified atom stereocenters. The Bertz CT molecular complexity index is 1160. The Morgan fingerprint density at radius 1 is 1.03 bits per heavy atom. The zero-order valence-electron chi connectivity index (χ0n) is 20.5. The van der Waals surface area contributed by atoms with Gasteiger partial charge in [-0.2, -0.15) is 0 Å². The number of nitrogens with one attached hydrogen (secondary N) is 1. The van der Waals surface area contributed by atoms with E-state index >= 15 is 0 Å². The van der Waals surface area contributed by atoms with Crippen molar-refractivity contribution in [2.75, 3.05) is 44.7 Å². The number of aromatic nitrogens is 3. The number of piperidine rings is 1. The monoisotopic (exact) mass is 506 g/mol. The van der Waals surface area contributed by atoms with Crippen molar-refractivity contribution >= 4 is 17.8 Å². The van der Waals surface area contributed by atoms with Crippen LogP contribution in [0.2, 0.25) is 0 Å². The smallest absolute Gasteiger partial charge is 0.409 e. The van der Waals surface area contributed by atoms with Crippen LogP contribution in [0.5, 0.6) is 5.75 Å². The molecule has 4 heterocycles. The van der Waals surface area contributed by atoms with E-state index in [1.54, 1.807) is 35.5 Å². The van der Waals surface area contributed by atoms with E-state index in [1.165, 1.54) is 11.0 Å². The SMILES string of the molecule is O=C(Nc1ccc(OC(=O)N2CCC(On3cccn3)CC2)cn1)c1ccc(CN2CCOCC2)cc1. The quantitative estimate of drug-likeness (QED) is 0.520. The Morgan fingerprint density at radius 3 is 2.49 bits per heavy atom. The first-order valence-corrected chi connectivity index (χ1v) is 12.4. The molecule has 0 atom stereocenters. The largest absolute Gasteiger partial charge is 0.415 e. The van der Waals surface area contributed by atoms with Gasteiger partial charge < -0.3 is 24.5 Å². The number of hydrogen-bond donors (Lipinski definition) is 1. The fraction of sp³-hybridized carbons (Fsp3) is 0.385. The van der Waals surface area contributed by atoms with Gasteiger partial charge in [0, 0.05) is 51.1 Å². The number of rotatable bonds is 7. The third-order valence-corrected chi connectivity index (χ3v) is 6.35. The standard InChI is InChI=1S/C26H30N6O5/c33-25(21-4-2-20(3-5-21)19-30-14-16-35-17-15-30)29-24-7-6-23(18-27-24)36-26(34)31-12-8-22(9-13-31)37-32-11-1-10-28-32/h1-7,10-11,18,22H,8-9,12-17,19H2,(H,27,29,33). The molecule has 0 radical (unpaired) electrons. The second-order valence-electron chi connectivity index (χ2n) is 8.99. The average Bonchev–Trinajstić information content (AvgIpc) is 3.44. The summed E-state index contributed by atoms with van der Waals surface area (Å²) in [5, 5.41) is 6.81. The van der Waals surface area contributed by atoms with Crippen molar-refractivity contribution in [3.63, 3.8) is 0 Å². The van der Waals surface area contributed by atoms with E-state index in [0.717, 1.165) is 38.4 Å². The fourth-order valence-corrected chi connectivity index (χ4v) is 4.26. The molecule has 194 valence electrons. The van der Waals surface area contributed by atoms with Gasteiger partial charge in [0.25, 0.3) is 5.91 Å². The van der Waals surface area contributed by atoms with Crippen LogP contribution in [-0.2, 0) is 11.3 Å². The number of nitrogens with zero attached hydrogens (tertiary/aromatic N) is 5. The van der Waals surface area contributed by atoms with Crippen molar-refractivity contribution < 1.29 is 23.9 Å². The molecule has 0 bridgehead atoms.